The quantitative estimate of drug-likeness (QED) is 0.384. The van der Waals surface area contributed by atoms with Crippen LogP contribution in [0.5, 0.6) is 0 Å². The fourth-order valence-corrected chi connectivity index (χ4v) is 1.93. The highest BCUT2D eigenvalue weighted by atomic mass is 35.5. The largest absolute Gasteiger partial charge is 0.207 e. The van der Waals surface area contributed by atoms with Gasteiger partial charge in [-0.15, -0.1) is 0 Å². The molecule has 0 aliphatic carbocycles. The highest BCUT2D eigenvalue weighted by Gasteiger charge is 2.24. The molecule has 0 saturated carbocycles. The van der Waals surface area contributed by atoms with E-state index in [0.29, 0.717) is 0 Å². The molecule has 0 nitrogen and oxygen atoms in total. The minimum absolute atomic E-state index is 0.117. The Bertz CT molecular complexity index is 597. The van der Waals surface area contributed by atoms with Gasteiger partial charge in [-0.1, -0.05) is 35.3 Å². The monoisotopic (exact) mass is 294 g/mol. The fourth-order valence-electron chi connectivity index (χ4n) is 1.50. The minimum Gasteiger partial charge on any atom is -0.207 e. The van der Waals surface area contributed by atoms with Gasteiger partial charge in [-0.05, 0) is 17.7 Å². The van der Waals surface area contributed by atoms with E-state index in [9.17, 15) is 17.6 Å². The summed E-state index contributed by atoms with van der Waals surface area (Å²) in [6.07, 6.45) is 0. The molecule has 6 heteroatoms. The Balaban J connectivity index is 2.80. The van der Waals surface area contributed by atoms with Crippen LogP contribution in [0.1, 0.15) is 0 Å². The van der Waals surface area contributed by atoms with Crippen LogP contribution < -0.4 is 0 Å². The van der Waals surface area contributed by atoms with Crippen molar-refractivity contribution in [2.24, 2.45) is 0 Å². The Labute approximate surface area is 110 Å². The zero-order valence-corrected chi connectivity index (χ0v) is 10.1. The van der Waals surface area contributed by atoms with Crippen LogP contribution in [0.3, 0.4) is 0 Å². The van der Waals surface area contributed by atoms with Gasteiger partial charge in [-0.2, -0.15) is 0 Å². The molecule has 0 aliphatic heterocycles. The average Bonchev–Trinajstić information content (AvgIpc) is 2.34. The van der Waals surface area contributed by atoms with Gasteiger partial charge in [0, 0.05) is 0 Å². The number of benzene rings is 2. The van der Waals surface area contributed by atoms with Crippen LogP contribution in [0, 0.1) is 23.3 Å². The smallest absolute Gasteiger partial charge is 0.166 e. The maximum Gasteiger partial charge on any atom is 0.166 e. The molecule has 0 spiro atoms. The van der Waals surface area contributed by atoms with Crippen molar-refractivity contribution in [2.45, 2.75) is 0 Å². The number of rotatable bonds is 1. The zero-order chi connectivity index (χ0) is 13.4. The van der Waals surface area contributed by atoms with E-state index >= 15 is 0 Å². The van der Waals surface area contributed by atoms with E-state index in [-0.39, 0.29) is 5.56 Å². The normalized spacial score (nSPS) is 10.8. The lowest BCUT2D eigenvalue weighted by Gasteiger charge is -2.09. The third-order valence-electron chi connectivity index (χ3n) is 2.32. The first-order valence-corrected chi connectivity index (χ1v) is 5.46. The molecule has 0 bridgehead atoms. The van der Waals surface area contributed by atoms with Crippen molar-refractivity contribution in [2.75, 3.05) is 0 Å². The van der Waals surface area contributed by atoms with Crippen molar-refractivity contribution in [3.63, 3.8) is 0 Å². The van der Waals surface area contributed by atoms with E-state index in [1.807, 2.05) is 0 Å². The van der Waals surface area contributed by atoms with Gasteiger partial charge in [0.1, 0.15) is 15.9 Å². The van der Waals surface area contributed by atoms with Crippen LogP contribution in [0.4, 0.5) is 17.6 Å². The molecule has 0 radical (unpaired) electrons. The molecule has 0 N–H and O–H groups in total. The second kappa shape index (κ2) is 4.78. The van der Waals surface area contributed by atoms with E-state index in [4.69, 9.17) is 23.2 Å². The van der Waals surface area contributed by atoms with Gasteiger partial charge in [-0.25, -0.2) is 17.6 Å². The van der Waals surface area contributed by atoms with Crippen molar-refractivity contribution in [3.05, 3.63) is 57.6 Å². The lowest BCUT2D eigenvalue weighted by Crippen LogP contribution is -1.97. The first kappa shape index (κ1) is 13.2. The minimum atomic E-state index is -1.38. The van der Waals surface area contributed by atoms with Crippen LogP contribution in [0.25, 0.3) is 11.1 Å². The summed E-state index contributed by atoms with van der Waals surface area (Å²) in [5, 5.41) is -1.86. The molecule has 0 aromatic heterocycles. The van der Waals surface area contributed by atoms with E-state index in [2.05, 4.69) is 0 Å². The second-order valence-electron chi connectivity index (χ2n) is 3.46. The van der Waals surface area contributed by atoms with Crippen LogP contribution in [0.15, 0.2) is 24.3 Å². The van der Waals surface area contributed by atoms with Gasteiger partial charge in [0.2, 0.25) is 0 Å². The highest BCUT2D eigenvalue weighted by Crippen LogP contribution is 2.37. The third-order valence-corrected chi connectivity index (χ3v) is 2.99. The lowest BCUT2D eigenvalue weighted by atomic mass is 10.0. The summed E-state index contributed by atoms with van der Waals surface area (Å²) in [6.45, 7) is 0. The van der Waals surface area contributed by atoms with Crippen molar-refractivity contribution in [3.8, 4) is 11.1 Å². The summed E-state index contributed by atoms with van der Waals surface area (Å²) in [7, 11) is 0. The molecule has 0 atom stereocenters. The summed E-state index contributed by atoms with van der Waals surface area (Å²) in [6, 6.07) is 4.52. The molecule has 2 aromatic carbocycles. The Kier molecular flexibility index (Phi) is 3.50. The molecule has 0 saturated heterocycles. The van der Waals surface area contributed by atoms with Gasteiger partial charge in [-0.3, -0.25) is 0 Å². The van der Waals surface area contributed by atoms with Gasteiger partial charge in [0.25, 0.3) is 0 Å². The number of hydrogen-bond donors (Lipinski definition) is 0. The highest BCUT2D eigenvalue weighted by molar-refractivity contribution is 6.35. The average molecular weight is 295 g/mol. The predicted molar refractivity (Wildman–Crippen MR) is 61.7 cm³/mol. The second-order valence-corrected chi connectivity index (χ2v) is 4.21. The number of halogens is 6. The molecule has 2 aromatic rings. The summed E-state index contributed by atoms with van der Waals surface area (Å²) in [4.78, 5) is 0. The number of hydrogen-bond acceptors (Lipinski definition) is 0. The van der Waals surface area contributed by atoms with Gasteiger partial charge >= 0.3 is 0 Å². The Morgan fingerprint density at radius 2 is 1.33 bits per heavy atom. The predicted octanol–water partition coefficient (Wildman–Crippen LogP) is 5.22. The molecule has 0 heterocycles. The molecule has 0 amide bonds. The molecular weight excluding hydrogens is 291 g/mol. The zero-order valence-electron chi connectivity index (χ0n) is 8.58. The maximum atomic E-state index is 13.7. The molecule has 2 rings (SSSR count). The summed E-state index contributed by atoms with van der Waals surface area (Å²) in [5.41, 5.74) is -0.778. The molecule has 18 heavy (non-hydrogen) atoms. The van der Waals surface area contributed by atoms with Crippen LogP contribution >= 0.6 is 23.2 Å². The Hall–Kier alpha value is -1.26. The van der Waals surface area contributed by atoms with Gasteiger partial charge in [0.15, 0.2) is 17.5 Å². The molecular formula is C12H4Cl2F4. The summed E-state index contributed by atoms with van der Waals surface area (Å²) in [5.74, 6) is -4.71. The summed E-state index contributed by atoms with van der Waals surface area (Å²) < 4.78 is 53.7. The Morgan fingerprint density at radius 1 is 0.778 bits per heavy atom. The first-order chi connectivity index (χ1) is 8.43. The van der Waals surface area contributed by atoms with Crippen LogP contribution in [-0.2, 0) is 0 Å². The Morgan fingerprint density at radius 3 is 1.83 bits per heavy atom. The first-order valence-electron chi connectivity index (χ1n) is 4.71. The summed E-state index contributed by atoms with van der Waals surface area (Å²) >= 11 is 10.7. The topological polar surface area (TPSA) is 0 Å². The van der Waals surface area contributed by atoms with E-state index in [1.165, 1.54) is 12.1 Å². The van der Waals surface area contributed by atoms with E-state index < -0.39 is 38.9 Å². The van der Waals surface area contributed by atoms with Crippen molar-refractivity contribution in [1.29, 1.82) is 0 Å². The SMILES string of the molecule is Fc1cccc(-c2c(F)c(Cl)c(F)c(Cl)c2F)c1. The van der Waals surface area contributed by atoms with E-state index in [1.54, 1.807) is 0 Å². The van der Waals surface area contributed by atoms with Crippen LogP contribution in [0.2, 0.25) is 10.0 Å². The molecule has 0 unspecified atom stereocenters. The molecule has 0 aliphatic rings. The van der Waals surface area contributed by atoms with Crippen molar-refractivity contribution >= 4 is 23.2 Å². The van der Waals surface area contributed by atoms with Gasteiger partial charge in [0.05, 0.1) is 5.56 Å². The molecule has 94 valence electrons. The van der Waals surface area contributed by atoms with E-state index in [0.717, 1.165) is 12.1 Å². The fraction of sp³-hybridized carbons (Fsp3) is 0. The molecule has 0 fully saturated rings. The van der Waals surface area contributed by atoms with Crippen LogP contribution in [-0.4, -0.2) is 0 Å². The van der Waals surface area contributed by atoms with Crippen molar-refractivity contribution in [1.82, 2.24) is 0 Å². The standard InChI is InChI=1S/C12H4Cl2F4/c13-8-10(16)7(11(17)9(14)12(8)18)5-2-1-3-6(15)4-5/h1-4H. The lowest BCUT2D eigenvalue weighted by molar-refractivity contribution is 0.549. The van der Waals surface area contributed by atoms with Crippen molar-refractivity contribution < 1.29 is 17.6 Å². The van der Waals surface area contributed by atoms with Gasteiger partial charge < -0.3 is 0 Å². The third kappa shape index (κ3) is 2.06. The maximum absolute atomic E-state index is 13.7.